The Kier molecular flexibility index (Phi) is 7.32. The summed E-state index contributed by atoms with van der Waals surface area (Å²) >= 11 is 1.83. The molecule has 0 unspecified atom stereocenters. The van der Waals surface area contributed by atoms with E-state index in [1.165, 1.54) is 63.6 Å². The summed E-state index contributed by atoms with van der Waals surface area (Å²) in [7, 11) is 0. The largest absolute Gasteiger partial charge is 0.244 e. The molecular formula is C50H30N4S. The highest BCUT2D eigenvalue weighted by molar-refractivity contribution is 7.25. The number of fused-ring (bicyclic) bond motifs is 9. The van der Waals surface area contributed by atoms with Crippen molar-refractivity contribution in [2.24, 2.45) is 0 Å². The quantitative estimate of drug-likeness (QED) is 0.166. The SMILES string of the molecule is c1ccc(-c2nc(-c3ccccc3)nc(-c3cccc(-c4ccc5c(c4)sc4cc(-c6ccc7c8ccccc8c8ccccc8c7c6)ccc45)n3)n2)cc1. The maximum atomic E-state index is 5.11. The number of rotatable bonds is 5. The van der Waals surface area contributed by atoms with Crippen molar-refractivity contribution < 1.29 is 0 Å². The zero-order chi connectivity index (χ0) is 36.3. The van der Waals surface area contributed by atoms with Gasteiger partial charge in [0.15, 0.2) is 17.5 Å². The van der Waals surface area contributed by atoms with Gasteiger partial charge in [0.1, 0.15) is 5.69 Å². The van der Waals surface area contributed by atoms with Crippen molar-refractivity contribution in [3.8, 4) is 56.7 Å². The highest BCUT2D eigenvalue weighted by atomic mass is 32.1. The van der Waals surface area contributed by atoms with Crippen molar-refractivity contribution in [3.63, 3.8) is 0 Å². The van der Waals surface area contributed by atoms with Gasteiger partial charge in [-0.1, -0.05) is 152 Å². The fourth-order valence-electron chi connectivity index (χ4n) is 7.85. The molecule has 5 heteroatoms. The third kappa shape index (κ3) is 5.44. The minimum Gasteiger partial charge on any atom is -0.244 e. The van der Waals surface area contributed by atoms with Crippen LogP contribution in [0.1, 0.15) is 0 Å². The lowest BCUT2D eigenvalue weighted by atomic mass is 9.92. The third-order valence-electron chi connectivity index (χ3n) is 10.5. The average Bonchev–Trinajstić information content (AvgIpc) is 3.64. The van der Waals surface area contributed by atoms with E-state index in [9.17, 15) is 0 Å². The molecule has 0 fully saturated rings. The number of nitrogens with zero attached hydrogens (tertiary/aromatic N) is 4. The summed E-state index contributed by atoms with van der Waals surface area (Å²) < 4.78 is 2.49. The first-order valence-electron chi connectivity index (χ1n) is 18.4. The van der Waals surface area contributed by atoms with Crippen LogP contribution in [0.15, 0.2) is 182 Å². The van der Waals surface area contributed by atoms with Crippen molar-refractivity contribution in [2.75, 3.05) is 0 Å². The van der Waals surface area contributed by atoms with Gasteiger partial charge in [-0.05, 0) is 73.8 Å². The third-order valence-corrected chi connectivity index (χ3v) is 11.6. The van der Waals surface area contributed by atoms with Crippen LogP contribution in [-0.2, 0) is 0 Å². The van der Waals surface area contributed by atoms with Crippen LogP contribution in [-0.4, -0.2) is 19.9 Å². The summed E-state index contributed by atoms with van der Waals surface area (Å²) in [5, 5.41) is 10.3. The molecule has 4 nitrogen and oxygen atoms in total. The van der Waals surface area contributed by atoms with E-state index in [1.54, 1.807) is 0 Å². The molecule has 0 atom stereocenters. The molecule has 11 aromatic rings. The van der Waals surface area contributed by atoms with E-state index in [0.717, 1.165) is 22.4 Å². The summed E-state index contributed by atoms with van der Waals surface area (Å²) in [5.74, 6) is 1.78. The van der Waals surface area contributed by atoms with Crippen LogP contribution in [0, 0.1) is 0 Å². The number of aromatic nitrogens is 4. The number of thiophene rings is 1. The molecular weight excluding hydrogens is 689 g/mol. The van der Waals surface area contributed by atoms with Crippen LogP contribution in [0.3, 0.4) is 0 Å². The predicted molar refractivity (Wildman–Crippen MR) is 230 cm³/mol. The fourth-order valence-corrected chi connectivity index (χ4v) is 9.03. The van der Waals surface area contributed by atoms with Crippen molar-refractivity contribution in [2.45, 2.75) is 0 Å². The lowest BCUT2D eigenvalue weighted by Crippen LogP contribution is -2.01. The van der Waals surface area contributed by atoms with Gasteiger partial charge in [-0.25, -0.2) is 19.9 Å². The standard InChI is InChI=1S/C50H30N4S/c1-3-12-31(13-4-1)48-52-49(32-14-5-2-6-15-32)54-50(53-48)45-21-11-20-44(51-45)35-24-27-42-41-26-23-34(29-46(41)55-47(42)30-35)33-22-25-40-38-18-8-7-16-36(38)37-17-9-10-19-39(37)43(40)28-33/h1-30H. The molecule has 0 aliphatic carbocycles. The lowest BCUT2D eigenvalue weighted by molar-refractivity contribution is 1.06. The van der Waals surface area contributed by atoms with Gasteiger partial charge in [0.2, 0.25) is 0 Å². The maximum absolute atomic E-state index is 5.11. The number of pyridine rings is 1. The molecule has 3 heterocycles. The molecule has 0 N–H and O–H groups in total. The topological polar surface area (TPSA) is 51.6 Å². The van der Waals surface area contributed by atoms with E-state index in [4.69, 9.17) is 19.9 Å². The average molecular weight is 719 g/mol. The first kappa shape index (κ1) is 31.4. The van der Waals surface area contributed by atoms with Crippen molar-refractivity contribution in [3.05, 3.63) is 182 Å². The smallest absolute Gasteiger partial charge is 0.182 e. The Balaban J connectivity index is 0.976. The fraction of sp³-hybridized carbons (Fsp3) is 0. The van der Waals surface area contributed by atoms with Crippen LogP contribution in [0.4, 0.5) is 0 Å². The van der Waals surface area contributed by atoms with Crippen LogP contribution < -0.4 is 0 Å². The summed E-state index contributed by atoms with van der Waals surface area (Å²) in [4.78, 5) is 19.8. The van der Waals surface area contributed by atoms with Gasteiger partial charge in [-0.2, -0.15) is 0 Å². The van der Waals surface area contributed by atoms with E-state index in [1.807, 2.05) is 84.1 Å². The summed E-state index contributed by atoms with van der Waals surface area (Å²) in [6.07, 6.45) is 0. The van der Waals surface area contributed by atoms with Gasteiger partial charge in [0.05, 0.1) is 5.69 Å². The molecule has 0 spiro atoms. The molecule has 0 aliphatic heterocycles. The van der Waals surface area contributed by atoms with Crippen LogP contribution >= 0.6 is 11.3 Å². The monoisotopic (exact) mass is 718 g/mol. The molecule has 0 radical (unpaired) electrons. The zero-order valence-corrected chi connectivity index (χ0v) is 30.3. The number of hydrogen-bond donors (Lipinski definition) is 0. The molecule has 55 heavy (non-hydrogen) atoms. The Morgan fingerprint density at radius 1 is 0.255 bits per heavy atom. The van der Waals surface area contributed by atoms with E-state index in [-0.39, 0.29) is 0 Å². The highest BCUT2D eigenvalue weighted by Crippen LogP contribution is 2.41. The van der Waals surface area contributed by atoms with Crippen molar-refractivity contribution >= 4 is 63.8 Å². The van der Waals surface area contributed by atoms with Gasteiger partial charge in [0.25, 0.3) is 0 Å². The molecule has 11 rings (SSSR count). The Bertz CT molecular complexity index is 3170. The number of benzene rings is 8. The van der Waals surface area contributed by atoms with Crippen LogP contribution in [0.25, 0.3) is 109 Å². The van der Waals surface area contributed by atoms with Crippen LogP contribution in [0.2, 0.25) is 0 Å². The second kappa shape index (κ2) is 12.8. The van der Waals surface area contributed by atoms with Gasteiger partial charge in [-0.3, -0.25) is 0 Å². The second-order valence-corrected chi connectivity index (χ2v) is 14.9. The van der Waals surface area contributed by atoms with Crippen LogP contribution in [0.5, 0.6) is 0 Å². The van der Waals surface area contributed by atoms with E-state index in [0.29, 0.717) is 23.2 Å². The Morgan fingerprint density at radius 2 is 0.691 bits per heavy atom. The number of hydrogen-bond acceptors (Lipinski definition) is 5. The Labute approximate surface area is 321 Å². The van der Waals surface area contributed by atoms with E-state index in [2.05, 4.69) is 109 Å². The van der Waals surface area contributed by atoms with Gasteiger partial charge >= 0.3 is 0 Å². The molecule has 0 saturated carbocycles. The zero-order valence-electron chi connectivity index (χ0n) is 29.5. The first-order valence-corrected chi connectivity index (χ1v) is 19.2. The lowest BCUT2D eigenvalue weighted by Gasteiger charge is -2.12. The molecule has 256 valence electrons. The second-order valence-electron chi connectivity index (χ2n) is 13.8. The first-order chi connectivity index (χ1) is 27.2. The molecule has 3 aromatic heterocycles. The molecule has 0 amide bonds. The molecule has 0 aliphatic rings. The van der Waals surface area contributed by atoms with Gasteiger partial charge < -0.3 is 0 Å². The van der Waals surface area contributed by atoms with E-state index < -0.39 is 0 Å². The van der Waals surface area contributed by atoms with Gasteiger partial charge in [-0.15, -0.1) is 11.3 Å². The maximum Gasteiger partial charge on any atom is 0.182 e. The summed E-state index contributed by atoms with van der Waals surface area (Å²) in [5.41, 5.74) is 6.92. The normalized spacial score (nSPS) is 11.6. The molecule has 0 bridgehead atoms. The summed E-state index contributed by atoms with van der Waals surface area (Å²) in [6.45, 7) is 0. The Hall–Kier alpha value is -7.08. The highest BCUT2D eigenvalue weighted by Gasteiger charge is 2.15. The predicted octanol–water partition coefficient (Wildman–Crippen LogP) is 13.4. The molecule has 0 saturated heterocycles. The minimum atomic E-state index is 0.542. The summed E-state index contributed by atoms with van der Waals surface area (Å²) in [6, 6.07) is 64.1. The van der Waals surface area contributed by atoms with Crippen molar-refractivity contribution in [1.82, 2.24) is 19.9 Å². The van der Waals surface area contributed by atoms with Gasteiger partial charge in [0, 0.05) is 36.9 Å². The Morgan fingerprint density at radius 3 is 1.29 bits per heavy atom. The minimum absolute atomic E-state index is 0.542. The molecule has 8 aromatic carbocycles. The van der Waals surface area contributed by atoms with E-state index >= 15 is 0 Å². The van der Waals surface area contributed by atoms with Crippen molar-refractivity contribution in [1.29, 1.82) is 0 Å².